The first-order chi connectivity index (χ1) is 21.1. The lowest BCUT2D eigenvalue weighted by Gasteiger charge is -2.28. The number of aliphatic imine (C=N–C) groups is 1. The molecule has 3 heterocycles. The first-order valence-electron chi connectivity index (χ1n) is 13.4. The van der Waals surface area contributed by atoms with Crippen LogP contribution in [0.3, 0.4) is 0 Å². The number of pyridine rings is 1. The number of amidine groups is 1. The van der Waals surface area contributed by atoms with Crippen molar-refractivity contribution in [1.29, 1.82) is 0 Å². The summed E-state index contributed by atoms with van der Waals surface area (Å²) < 4.78 is 63.0. The number of nitrogens with zero attached hydrogens (tertiary/aromatic N) is 4. The lowest BCUT2D eigenvalue weighted by atomic mass is 9.95. The molecule has 0 bridgehead atoms. The van der Waals surface area contributed by atoms with Crippen molar-refractivity contribution in [3.05, 3.63) is 89.6 Å². The van der Waals surface area contributed by atoms with Crippen LogP contribution in [0.1, 0.15) is 29.7 Å². The van der Waals surface area contributed by atoms with Gasteiger partial charge in [0, 0.05) is 18.8 Å². The Kier molecular flexibility index (Phi) is 9.80. The van der Waals surface area contributed by atoms with E-state index in [0.29, 0.717) is 56.3 Å². The number of morpholine rings is 1. The lowest BCUT2D eigenvalue weighted by molar-refractivity contribution is -0.138. The smallest absolute Gasteiger partial charge is 0.417 e. The summed E-state index contributed by atoms with van der Waals surface area (Å²) in [5, 5.41) is 16.3. The number of carboxylic acids is 1. The van der Waals surface area contributed by atoms with E-state index in [0.717, 1.165) is 6.07 Å². The minimum Gasteiger partial charge on any atom is -0.481 e. The number of carbonyl (C=O) groups is 1. The molecule has 0 spiro atoms. The second kappa shape index (κ2) is 13.7. The number of benzene rings is 2. The highest BCUT2D eigenvalue weighted by Crippen LogP contribution is 2.39. The van der Waals surface area contributed by atoms with Gasteiger partial charge in [0.1, 0.15) is 0 Å². The molecular weight excluding hydrogens is 695 g/mol. The molecule has 230 valence electrons. The summed E-state index contributed by atoms with van der Waals surface area (Å²) in [6.07, 6.45) is -0.505. The average molecular weight is 722 g/mol. The molecule has 44 heavy (non-hydrogen) atoms. The van der Waals surface area contributed by atoms with E-state index < -0.39 is 44.4 Å². The number of ether oxygens (including phenoxy) is 1. The number of alkyl halides is 3. The van der Waals surface area contributed by atoms with Crippen LogP contribution < -0.4 is 10.7 Å². The van der Waals surface area contributed by atoms with Gasteiger partial charge in [0.05, 0.1) is 58.3 Å². The van der Waals surface area contributed by atoms with Gasteiger partial charge in [0.25, 0.3) is 0 Å². The normalized spacial score (nSPS) is 16.8. The standard InChI is InChI=1S/C30H27F4IN6O3/c1-18(28(42)43)19-2-4-20(5-3-19)24-9-8-21(14-25(24)30(32,33)34)39-23-7-6-22(36-15-23)16-38-40-29-35-27(26(31)17-37-29)41-10-12-44-13-11-41/h2-9,14-18,39H,10-13H2,1H3,(H,37,40)(H,42,43)/b38-16+. The van der Waals surface area contributed by atoms with Crippen molar-refractivity contribution < 1.29 is 32.2 Å². The zero-order chi connectivity index (χ0) is 31.3. The zero-order valence-corrected chi connectivity index (χ0v) is 25.4. The predicted molar refractivity (Wildman–Crippen MR) is 169 cm³/mol. The largest absolute Gasteiger partial charge is 0.481 e. The molecule has 2 aliphatic rings. The molecule has 1 saturated heterocycles. The third-order valence-electron chi connectivity index (χ3n) is 6.80. The van der Waals surface area contributed by atoms with Crippen LogP contribution >= 0.6 is 20.7 Å². The van der Waals surface area contributed by atoms with Crippen LogP contribution in [0.5, 0.6) is 0 Å². The molecule has 0 aliphatic carbocycles. The number of halogens is 5. The highest BCUT2D eigenvalue weighted by molar-refractivity contribution is 14.2. The van der Waals surface area contributed by atoms with E-state index in [2.05, 4.69) is 25.8 Å². The second-order valence-corrected chi connectivity index (χ2v) is 12.4. The van der Waals surface area contributed by atoms with Crippen LogP contribution in [0.15, 0.2) is 82.9 Å². The molecule has 1 atom stereocenters. The molecule has 1 fully saturated rings. The van der Waals surface area contributed by atoms with Gasteiger partial charge < -0.3 is 15.2 Å². The fourth-order valence-corrected chi connectivity index (χ4v) is 6.66. The van der Waals surface area contributed by atoms with Gasteiger partial charge >= 0.3 is 12.1 Å². The van der Waals surface area contributed by atoms with Crippen molar-refractivity contribution in [2.24, 2.45) is 10.1 Å². The van der Waals surface area contributed by atoms with Gasteiger partial charge in [-0.1, -0.05) is 30.3 Å². The molecule has 3 N–H and O–H groups in total. The third kappa shape index (κ3) is 7.73. The van der Waals surface area contributed by atoms with Crippen molar-refractivity contribution in [1.82, 2.24) is 15.3 Å². The first kappa shape index (κ1) is 31.4. The van der Waals surface area contributed by atoms with Crippen molar-refractivity contribution >= 4 is 51.8 Å². The molecule has 0 radical (unpaired) electrons. The molecule has 0 saturated carbocycles. The number of aromatic nitrogens is 1. The van der Waals surface area contributed by atoms with Crippen LogP contribution in [-0.2, 0) is 15.7 Å². The summed E-state index contributed by atoms with van der Waals surface area (Å²) in [5.74, 6) is -2.13. The monoisotopic (exact) mass is 722 g/mol. The highest BCUT2D eigenvalue weighted by Gasteiger charge is 2.34. The van der Waals surface area contributed by atoms with Crippen LogP contribution in [0.25, 0.3) is 11.1 Å². The Balaban J connectivity index is 1.25. The van der Waals surface area contributed by atoms with Gasteiger partial charge in [0.2, 0.25) is 0 Å². The number of hydrogen-bond donors (Lipinski definition) is 3. The average Bonchev–Trinajstić information content (AvgIpc) is 3.02. The summed E-state index contributed by atoms with van der Waals surface area (Å²) >= 11 is -0.898. The number of hydrazone groups is 1. The van der Waals surface area contributed by atoms with Gasteiger partial charge in [-0.2, -0.15) is 18.3 Å². The van der Waals surface area contributed by atoms with E-state index in [1.807, 2.05) is 4.90 Å². The summed E-state index contributed by atoms with van der Waals surface area (Å²) in [5.41, 5.74) is 4.00. The Morgan fingerprint density at radius 2 is 1.84 bits per heavy atom. The molecular formula is C30H27F4IN6O3. The molecule has 3 aromatic rings. The van der Waals surface area contributed by atoms with E-state index in [4.69, 9.17) is 4.74 Å². The Bertz CT molecular complexity index is 1630. The van der Waals surface area contributed by atoms with Gasteiger partial charge in [-0.3, -0.25) is 20.1 Å². The SMILES string of the molecule is CC(C(=O)O)c1ccc(-c2ccc(Nc3ccc(/C=N/NC4=NC=C(F)C(N5CCOCC5)=I4)nc3)cc2C(F)(F)F)cc1. The van der Waals surface area contributed by atoms with E-state index in [9.17, 15) is 27.5 Å². The maximum absolute atomic E-state index is 14.3. The topological polar surface area (TPSA) is 111 Å². The van der Waals surface area contributed by atoms with E-state index in [1.54, 1.807) is 12.1 Å². The summed E-state index contributed by atoms with van der Waals surface area (Å²) in [7, 11) is 0. The third-order valence-corrected chi connectivity index (χ3v) is 9.54. The summed E-state index contributed by atoms with van der Waals surface area (Å²) in [6, 6.07) is 13.3. The molecule has 2 aliphatic heterocycles. The summed E-state index contributed by atoms with van der Waals surface area (Å²) in [4.78, 5) is 21.6. The Morgan fingerprint density at radius 1 is 1.11 bits per heavy atom. The van der Waals surface area contributed by atoms with E-state index in [1.165, 1.54) is 61.9 Å². The fraction of sp³-hybridized carbons (Fsp3) is 0.233. The minimum absolute atomic E-state index is 0.0207. The van der Waals surface area contributed by atoms with Gasteiger partial charge in [-0.25, -0.2) is 9.38 Å². The Morgan fingerprint density at radius 3 is 2.50 bits per heavy atom. The quantitative estimate of drug-likeness (QED) is 0.0831. The lowest BCUT2D eigenvalue weighted by Crippen LogP contribution is -2.41. The first-order valence-corrected chi connectivity index (χ1v) is 15.6. The van der Waals surface area contributed by atoms with Crippen molar-refractivity contribution in [2.45, 2.75) is 19.0 Å². The Labute approximate surface area is 260 Å². The van der Waals surface area contributed by atoms with Crippen molar-refractivity contribution in [2.75, 3.05) is 31.6 Å². The minimum atomic E-state index is -4.63. The number of carboxylic acid groups (broad SMARTS) is 1. The van der Waals surface area contributed by atoms with Crippen LogP contribution in [0.4, 0.5) is 28.9 Å². The number of aliphatic carboxylic acids is 1. The number of nitrogens with one attached hydrogen (secondary N) is 2. The van der Waals surface area contributed by atoms with Gasteiger partial charge in [-0.05, 0) is 68.6 Å². The van der Waals surface area contributed by atoms with Crippen molar-refractivity contribution in [3.63, 3.8) is 0 Å². The number of anilines is 2. The Hall–Kier alpha value is -4.02. The van der Waals surface area contributed by atoms with Crippen molar-refractivity contribution in [3.8, 4) is 11.1 Å². The molecule has 1 aromatic heterocycles. The molecule has 0 amide bonds. The molecule has 5 rings (SSSR count). The maximum Gasteiger partial charge on any atom is 0.417 e. The summed E-state index contributed by atoms with van der Waals surface area (Å²) in [6.45, 7) is 3.87. The van der Waals surface area contributed by atoms with Gasteiger partial charge in [0.15, 0.2) is 9.67 Å². The molecule has 2 aromatic carbocycles. The fourth-order valence-electron chi connectivity index (χ4n) is 4.42. The molecule has 1 unspecified atom stereocenters. The predicted octanol–water partition coefficient (Wildman–Crippen LogP) is 6.24. The number of hydrogen-bond acceptors (Lipinski definition) is 8. The van der Waals surface area contributed by atoms with E-state index in [-0.39, 0.29) is 17.1 Å². The van der Waals surface area contributed by atoms with Crippen LogP contribution in [0.2, 0.25) is 0 Å². The molecule has 9 nitrogen and oxygen atoms in total. The zero-order valence-electron chi connectivity index (χ0n) is 23.3. The number of rotatable bonds is 8. The van der Waals surface area contributed by atoms with Gasteiger partial charge in [-0.15, -0.1) is 0 Å². The highest BCUT2D eigenvalue weighted by atomic mass is 127. The van der Waals surface area contributed by atoms with Crippen LogP contribution in [0, 0.1) is 0 Å². The second-order valence-electron chi connectivity index (χ2n) is 9.79. The molecule has 14 heteroatoms. The van der Waals surface area contributed by atoms with E-state index >= 15 is 0 Å². The maximum atomic E-state index is 14.3. The van der Waals surface area contributed by atoms with Crippen LogP contribution in [-0.4, -0.2) is 61.0 Å².